The van der Waals surface area contributed by atoms with Crippen molar-refractivity contribution in [3.8, 4) is 0 Å². The molecule has 0 saturated heterocycles. The van der Waals surface area contributed by atoms with Gasteiger partial charge in [0.2, 0.25) is 0 Å². The van der Waals surface area contributed by atoms with Crippen molar-refractivity contribution in [3.05, 3.63) is 34.9 Å². The van der Waals surface area contributed by atoms with Crippen LogP contribution in [0.3, 0.4) is 0 Å². The molecule has 0 unspecified atom stereocenters. The van der Waals surface area contributed by atoms with E-state index in [2.05, 4.69) is 26.0 Å². The lowest BCUT2D eigenvalue weighted by Gasteiger charge is -2.48. The fourth-order valence-corrected chi connectivity index (χ4v) is 5.32. The molecule has 3 aliphatic carbocycles. The standard InChI is InChI=1S/C22H30O3/c1-4-11-22(14-25-15(3)23)12-10-19-18-9-7-17(24)13-16(18)6-8-20(19)21(22)5-2/h10,12-13,20-21H,4-9,11,14H2,1-3H3/t20-,21+,22-/m1/s1. The van der Waals surface area contributed by atoms with E-state index in [4.69, 9.17) is 4.74 Å². The van der Waals surface area contributed by atoms with Crippen molar-refractivity contribution in [2.45, 2.75) is 65.7 Å². The second kappa shape index (κ2) is 7.31. The van der Waals surface area contributed by atoms with Crippen LogP contribution in [-0.2, 0) is 14.3 Å². The molecule has 3 aliphatic rings. The van der Waals surface area contributed by atoms with Gasteiger partial charge in [-0.05, 0) is 60.3 Å². The van der Waals surface area contributed by atoms with Gasteiger partial charge in [0.15, 0.2) is 5.78 Å². The summed E-state index contributed by atoms with van der Waals surface area (Å²) in [6.45, 7) is 6.46. The first-order valence-electron chi connectivity index (χ1n) is 9.80. The summed E-state index contributed by atoms with van der Waals surface area (Å²) in [5.74, 6) is 1.11. The zero-order valence-corrected chi connectivity index (χ0v) is 15.8. The first-order chi connectivity index (χ1) is 12.0. The molecule has 0 aromatic carbocycles. The van der Waals surface area contributed by atoms with Gasteiger partial charge in [-0.15, -0.1) is 0 Å². The lowest BCUT2D eigenvalue weighted by molar-refractivity contribution is -0.145. The van der Waals surface area contributed by atoms with Gasteiger partial charge in [0.25, 0.3) is 0 Å². The molecule has 3 nitrogen and oxygen atoms in total. The molecule has 0 bridgehead atoms. The Balaban J connectivity index is 2.01. The van der Waals surface area contributed by atoms with E-state index in [1.54, 1.807) is 0 Å². The van der Waals surface area contributed by atoms with Crippen LogP contribution in [0, 0.1) is 17.3 Å². The average molecular weight is 342 g/mol. The number of allylic oxidation sites excluding steroid dienone is 5. The number of hydrogen-bond donors (Lipinski definition) is 0. The summed E-state index contributed by atoms with van der Waals surface area (Å²) in [6.07, 6.45) is 13.4. The zero-order valence-electron chi connectivity index (χ0n) is 15.8. The van der Waals surface area contributed by atoms with Gasteiger partial charge in [-0.25, -0.2) is 0 Å². The fraction of sp³-hybridized carbons (Fsp3) is 0.636. The van der Waals surface area contributed by atoms with E-state index in [-0.39, 0.29) is 17.2 Å². The maximum absolute atomic E-state index is 11.8. The molecule has 25 heavy (non-hydrogen) atoms. The Morgan fingerprint density at radius 1 is 1.28 bits per heavy atom. The molecule has 0 aromatic rings. The highest BCUT2D eigenvalue weighted by atomic mass is 16.5. The maximum Gasteiger partial charge on any atom is 0.302 e. The van der Waals surface area contributed by atoms with Crippen molar-refractivity contribution in [1.29, 1.82) is 0 Å². The normalized spacial score (nSPS) is 31.3. The van der Waals surface area contributed by atoms with Crippen LogP contribution < -0.4 is 0 Å². The van der Waals surface area contributed by atoms with Gasteiger partial charge in [-0.2, -0.15) is 0 Å². The van der Waals surface area contributed by atoms with Crippen molar-refractivity contribution in [3.63, 3.8) is 0 Å². The largest absolute Gasteiger partial charge is 0.465 e. The predicted octanol–water partition coefficient (Wildman–Crippen LogP) is 4.93. The monoisotopic (exact) mass is 342 g/mol. The van der Waals surface area contributed by atoms with E-state index in [0.29, 0.717) is 24.9 Å². The van der Waals surface area contributed by atoms with Gasteiger partial charge in [0, 0.05) is 18.8 Å². The lowest BCUT2D eigenvalue weighted by Crippen LogP contribution is -2.42. The Morgan fingerprint density at radius 3 is 2.76 bits per heavy atom. The van der Waals surface area contributed by atoms with E-state index in [0.717, 1.165) is 38.5 Å². The van der Waals surface area contributed by atoms with Crippen LogP contribution in [0.2, 0.25) is 0 Å². The molecule has 0 aliphatic heterocycles. The highest BCUT2D eigenvalue weighted by molar-refractivity contribution is 5.93. The van der Waals surface area contributed by atoms with E-state index in [1.165, 1.54) is 23.6 Å². The maximum atomic E-state index is 11.8. The van der Waals surface area contributed by atoms with Crippen LogP contribution in [0.5, 0.6) is 0 Å². The van der Waals surface area contributed by atoms with Crippen LogP contribution >= 0.6 is 0 Å². The molecule has 3 atom stereocenters. The van der Waals surface area contributed by atoms with Gasteiger partial charge >= 0.3 is 5.97 Å². The summed E-state index contributed by atoms with van der Waals surface area (Å²) in [7, 11) is 0. The smallest absolute Gasteiger partial charge is 0.302 e. The molecule has 0 fully saturated rings. The Hall–Kier alpha value is -1.64. The third-order valence-electron chi connectivity index (χ3n) is 6.34. The van der Waals surface area contributed by atoms with Crippen LogP contribution in [0.25, 0.3) is 0 Å². The van der Waals surface area contributed by atoms with Crippen molar-refractivity contribution in [1.82, 2.24) is 0 Å². The summed E-state index contributed by atoms with van der Waals surface area (Å²) in [4.78, 5) is 23.2. The minimum atomic E-state index is -0.192. The van der Waals surface area contributed by atoms with Gasteiger partial charge in [0.1, 0.15) is 6.61 Å². The van der Waals surface area contributed by atoms with E-state index < -0.39 is 0 Å². The number of ether oxygens (including phenoxy) is 1. The van der Waals surface area contributed by atoms with Gasteiger partial charge in [0.05, 0.1) is 0 Å². The fourth-order valence-electron chi connectivity index (χ4n) is 5.32. The van der Waals surface area contributed by atoms with Crippen LogP contribution in [0.4, 0.5) is 0 Å². The number of hydrogen-bond acceptors (Lipinski definition) is 3. The van der Waals surface area contributed by atoms with Gasteiger partial charge in [-0.3, -0.25) is 9.59 Å². The van der Waals surface area contributed by atoms with E-state index >= 15 is 0 Å². The third kappa shape index (κ3) is 3.38. The molecule has 136 valence electrons. The van der Waals surface area contributed by atoms with Gasteiger partial charge in [-0.1, -0.05) is 38.8 Å². The second-order valence-corrected chi connectivity index (χ2v) is 7.83. The van der Waals surface area contributed by atoms with Crippen LogP contribution in [0.15, 0.2) is 34.9 Å². The second-order valence-electron chi connectivity index (χ2n) is 7.83. The van der Waals surface area contributed by atoms with E-state index in [1.807, 2.05) is 6.08 Å². The molecule has 0 saturated carbocycles. The predicted molar refractivity (Wildman–Crippen MR) is 99.0 cm³/mol. The number of rotatable bonds is 5. The number of carbonyl (C=O) groups excluding carboxylic acids is 2. The Bertz CT molecular complexity index is 652. The zero-order chi connectivity index (χ0) is 18.0. The summed E-state index contributed by atoms with van der Waals surface area (Å²) in [6, 6.07) is 0. The summed E-state index contributed by atoms with van der Waals surface area (Å²) in [5.41, 5.74) is 4.09. The average Bonchev–Trinajstić information content (AvgIpc) is 2.59. The molecular weight excluding hydrogens is 312 g/mol. The van der Waals surface area contributed by atoms with Crippen LogP contribution in [-0.4, -0.2) is 18.4 Å². The molecule has 0 spiro atoms. The first kappa shape index (κ1) is 18.2. The topological polar surface area (TPSA) is 43.4 Å². The molecule has 0 heterocycles. The Labute approximate surface area is 151 Å². The Morgan fingerprint density at radius 2 is 2.08 bits per heavy atom. The molecule has 0 amide bonds. The number of esters is 1. The number of ketones is 1. The molecule has 0 aromatic heterocycles. The summed E-state index contributed by atoms with van der Waals surface area (Å²) in [5, 5.41) is 0. The quantitative estimate of drug-likeness (QED) is 0.666. The molecule has 3 rings (SSSR count). The first-order valence-corrected chi connectivity index (χ1v) is 9.80. The van der Waals surface area contributed by atoms with Crippen LogP contribution in [0.1, 0.15) is 65.7 Å². The summed E-state index contributed by atoms with van der Waals surface area (Å²) >= 11 is 0. The SMILES string of the molecule is CCC[C@]1(COC(C)=O)C=CC2=C3CCC(=O)C=C3CC[C@H]2[C@@H]1CC. The highest BCUT2D eigenvalue weighted by Crippen LogP contribution is 2.53. The third-order valence-corrected chi connectivity index (χ3v) is 6.34. The van der Waals surface area contributed by atoms with Crippen molar-refractivity contribution < 1.29 is 14.3 Å². The number of fused-ring (bicyclic) bond motifs is 2. The van der Waals surface area contributed by atoms with Crippen molar-refractivity contribution in [2.75, 3.05) is 6.61 Å². The molecule has 0 N–H and O–H groups in total. The molecular formula is C22H30O3. The summed E-state index contributed by atoms with van der Waals surface area (Å²) < 4.78 is 5.51. The minimum Gasteiger partial charge on any atom is -0.465 e. The molecule has 0 radical (unpaired) electrons. The Kier molecular flexibility index (Phi) is 5.31. The number of carbonyl (C=O) groups is 2. The highest BCUT2D eigenvalue weighted by Gasteiger charge is 2.45. The van der Waals surface area contributed by atoms with Gasteiger partial charge < -0.3 is 4.74 Å². The molecule has 3 heteroatoms. The van der Waals surface area contributed by atoms with Crippen molar-refractivity contribution in [2.24, 2.45) is 17.3 Å². The van der Waals surface area contributed by atoms with E-state index in [9.17, 15) is 9.59 Å². The van der Waals surface area contributed by atoms with Crippen molar-refractivity contribution >= 4 is 11.8 Å². The lowest BCUT2D eigenvalue weighted by atomic mass is 9.57. The minimum absolute atomic E-state index is 0.0460.